The Bertz CT molecular complexity index is 1780. The molecular weight excluding hydrogens is 567 g/mol. The molecule has 1 amide bonds. The van der Waals surface area contributed by atoms with Gasteiger partial charge in [-0.1, -0.05) is 77.0 Å². The fraction of sp³-hybridized carbons (Fsp3) is 0.0645. The van der Waals surface area contributed by atoms with Gasteiger partial charge in [0.05, 0.1) is 21.8 Å². The third kappa shape index (κ3) is 4.95. The number of hydrogen-bond acceptors (Lipinski definition) is 6. The van der Waals surface area contributed by atoms with Crippen molar-refractivity contribution in [2.24, 2.45) is 0 Å². The Morgan fingerprint density at radius 3 is 2.42 bits per heavy atom. The maximum absolute atomic E-state index is 13.5. The van der Waals surface area contributed by atoms with E-state index in [1.54, 1.807) is 66.7 Å². The van der Waals surface area contributed by atoms with Gasteiger partial charge >= 0.3 is 5.91 Å². The average Bonchev–Trinajstić information content (AvgIpc) is 3.50. The van der Waals surface area contributed by atoms with E-state index >= 15 is 0 Å². The molecule has 0 radical (unpaired) electrons. The smallest absolute Gasteiger partial charge is 0.301 e. The first-order valence-corrected chi connectivity index (χ1v) is 13.9. The van der Waals surface area contributed by atoms with Gasteiger partial charge in [-0.05, 0) is 65.7 Å². The van der Waals surface area contributed by atoms with Gasteiger partial charge < -0.3 is 9.84 Å². The quantitative estimate of drug-likeness (QED) is 0.125. The van der Waals surface area contributed by atoms with E-state index in [0.29, 0.717) is 44.2 Å². The Morgan fingerprint density at radius 2 is 1.65 bits per heavy atom. The number of aliphatic hydroxyl groups is 1. The molecule has 198 valence electrons. The number of hydrogen-bond donors (Lipinski definition) is 1. The standard InChI is InChI=1S/C31H20Cl2N2O4S/c32-21-11-9-19(10-12-21)28(36)26-27(20-7-4-8-23(15-20)39-17-18-5-2-1-3-6-18)35(30(38)29(26)37)31-34-24-14-13-22(33)16-25(24)40-31/h1-16,27,36H,17H2/b28-26+. The lowest BCUT2D eigenvalue weighted by atomic mass is 9.95. The zero-order valence-electron chi connectivity index (χ0n) is 20.8. The fourth-order valence-electron chi connectivity index (χ4n) is 4.61. The zero-order chi connectivity index (χ0) is 27.8. The van der Waals surface area contributed by atoms with Crippen molar-refractivity contribution in [3.05, 3.63) is 129 Å². The van der Waals surface area contributed by atoms with E-state index in [2.05, 4.69) is 4.98 Å². The summed E-state index contributed by atoms with van der Waals surface area (Å²) in [6.07, 6.45) is 0. The van der Waals surface area contributed by atoms with Crippen molar-refractivity contribution < 1.29 is 19.4 Å². The molecule has 5 aromatic rings. The Balaban J connectivity index is 1.47. The predicted octanol–water partition coefficient (Wildman–Crippen LogP) is 7.81. The second-order valence-electron chi connectivity index (χ2n) is 9.13. The van der Waals surface area contributed by atoms with Gasteiger partial charge in [0.1, 0.15) is 18.1 Å². The number of thiazole rings is 1. The molecule has 9 heteroatoms. The molecule has 1 aliphatic heterocycles. The SMILES string of the molecule is O=C1C(=O)N(c2nc3ccc(Cl)cc3s2)C(c2cccc(OCc3ccccc3)c2)/C1=C(\O)c1ccc(Cl)cc1. The van der Waals surface area contributed by atoms with Crippen LogP contribution < -0.4 is 9.64 Å². The van der Waals surface area contributed by atoms with E-state index in [-0.39, 0.29) is 11.3 Å². The Labute approximate surface area is 243 Å². The van der Waals surface area contributed by atoms with E-state index in [9.17, 15) is 14.7 Å². The Morgan fingerprint density at radius 1 is 0.900 bits per heavy atom. The van der Waals surface area contributed by atoms with Crippen molar-refractivity contribution in [2.75, 3.05) is 4.90 Å². The van der Waals surface area contributed by atoms with Gasteiger partial charge in [-0.3, -0.25) is 14.5 Å². The highest BCUT2D eigenvalue weighted by Gasteiger charge is 2.48. The second-order valence-corrected chi connectivity index (χ2v) is 11.0. The summed E-state index contributed by atoms with van der Waals surface area (Å²) in [5, 5.41) is 12.7. The molecule has 0 bridgehead atoms. The lowest BCUT2D eigenvalue weighted by Gasteiger charge is -2.23. The molecule has 0 spiro atoms. The summed E-state index contributed by atoms with van der Waals surface area (Å²) in [5.41, 5.74) is 2.53. The van der Waals surface area contributed by atoms with Crippen molar-refractivity contribution in [1.29, 1.82) is 0 Å². The van der Waals surface area contributed by atoms with E-state index in [1.807, 2.05) is 30.3 Å². The van der Waals surface area contributed by atoms with Crippen LogP contribution >= 0.6 is 34.5 Å². The van der Waals surface area contributed by atoms with Crippen molar-refractivity contribution in [3.63, 3.8) is 0 Å². The highest BCUT2D eigenvalue weighted by molar-refractivity contribution is 7.22. The molecule has 1 saturated heterocycles. The van der Waals surface area contributed by atoms with Crippen molar-refractivity contribution in [3.8, 4) is 5.75 Å². The third-order valence-electron chi connectivity index (χ3n) is 6.53. The molecule has 6 rings (SSSR count). The van der Waals surface area contributed by atoms with Gasteiger partial charge in [-0.2, -0.15) is 0 Å². The van der Waals surface area contributed by atoms with Gasteiger partial charge in [0.25, 0.3) is 5.78 Å². The molecule has 4 aromatic carbocycles. The van der Waals surface area contributed by atoms with Crippen LogP contribution in [0.5, 0.6) is 5.75 Å². The summed E-state index contributed by atoms with van der Waals surface area (Å²) in [6.45, 7) is 0.341. The van der Waals surface area contributed by atoms with Crippen LogP contribution in [-0.2, 0) is 16.2 Å². The lowest BCUT2D eigenvalue weighted by Crippen LogP contribution is -2.29. The third-order valence-corrected chi connectivity index (χ3v) is 8.03. The molecule has 0 saturated carbocycles. The predicted molar refractivity (Wildman–Crippen MR) is 158 cm³/mol. The van der Waals surface area contributed by atoms with Crippen molar-refractivity contribution in [1.82, 2.24) is 4.98 Å². The van der Waals surface area contributed by atoms with E-state index in [4.69, 9.17) is 27.9 Å². The summed E-state index contributed by atoms with van der Waals surface area (Å²) in [7, 11) is 0. The number of aliphatic hydroxyl groups excluding tert-OH is 1. The minimum Gasteiger partial charge on any atom is -0.507 e. The van der Waals surface area contributed by atoms with Crippen LogP contribution in [0, 0.1) is 0 Å². The van der Waals surface area contributed by atoms with E-state index in [0.717, 1.165) is 10.3 Å². The van der Waals surface area contributed by atoms with Gasteiger partial charge in [-0.25, -0.2) is 4.98 Å². The summed E-state index contributed by atoms with van der Waals surface area (Å²) >= 11 is 13.5. The number of ketones is 1. The monoisotopic (exact) mass is 586 g/mol. The number of nitrogens with zero attached hydrogens (tertiary/aromatic N) is 2. The molecule has 6 nitrogen and oxygen atoms in total. The summed E-state index contributed by atoms with van der Waals surface area (Å²) in [6, 6.07) is 27.6. The summed E-state index contributed by atoms with van der Waals surface area (Å²) in [5.74, 6) is -1.36. The molecule has 1 fully saturated rings. The van der Waals surface area contributed by atoms with E-state index in [1.165, 1.54) is 16.2 Å². The minimum atomic E-state index is -0.952. The number of carbonyl (C=O) groups is 2. The zero-order valence-corrected chi connectivity index (χ0v) is 23.1. The van der Waals surface area contributed by atoms with Gasteiger partial charge in [0.2, 0.25) is 0 Å². The molecule has 0 aliphatic carbocycles. The van der Waals surface area contributed by atoms with Gasteiger partial charge in [0.15, 0.2) is 5.13 Å². The number of benzene rings is 4. The topological polar surface area (TPSA) is 79.7 Å². The maximum atomic E-state index is 13.5. The normalized spacial score (nSPS) is 16.6. The maximum Gasteiger partial charge on any atom is 0.301 e. The second kappa shape index (κ2) is 10.8. The van der Waals surface area contributed by atoms with Crippen LogP contribution in [0.15, 0.2) is 103 Å². The first kappa shape index (κ1) is 26.1. The van der Waals surface area contributed by atoms with Crippen LogP contribution in [0.1, 0.15) is 22.7 Å². The van der Waals surface area contributed by atoms with Crippen LogP contribution in [0.3, 0.4) is 0 Å². The molecule has 1 aliphatic rings. The van der Waals surface area contributed by atoms with Crippen LogP contribution in [-0.4, -0.2) is 21.8 Å². The minimum absolute atomic E-state index is 0.0511. The van der Waals surface area contributed by atoms with Gasteiger partial charge in [0, 0.05) is 15.6 Å². The van der Waals surface area contributed by atoms with Crippen LogP contribution in [0.25, 0.3) is 16.0 Å². The van der Waals surface area contributed by atoms with Gasteiger partial charge in [-0.15, -0.1) is 0 Å². The first-order valence-electron chi connectivity index (χ1n) is 12.3. The number of Topliss-reactive ketones (excluding diaryl/α,β-unsaturated/α-hetero) is 1. The molecule has 1 unspecified atom stereocenters. The highest BCUT2D eigenvalue weighted by Crippen LogP contribution is 2.45. The molecule has 2 heterocycles. The number of carbonyl (C=O) groups excluding carboxylic acids is 2. The average molecular weight is 587 g/mol. The van der Waals surface area contributed by atoms with Crippen molar-refractivity contribution in [2.45, 2.75) is 12.6 Å². The molecule has 1 aromatic heterocycles. The Kier molecular flexibility index (Phi) is 7.02. The number of amides is 1. The summed E-state index contributed by atoms with van der Waals surface area (Å²) < 4.78 is 6.80. The fourth-order valence-corrected chi connectivity index (χ4v) is 6.01. The molecular formula is C31H20Cl2N2O4S. The molecule has 1 N–H and O–H groups in total. The van der Waals surface area contributed by atoms with Crippen molar-refractivity contribution >= 4 is 67.3 Å². The molecule has 40 heavy (non-hydrogen) atoms. The number of fused-ring (bicyclic) bond motifs is 1. The number of ether oxygens (including phenoxy) is 1. The number of halogens is 2. The number of anilines is 1. The summed E-state index contributed by atoms with van der Waals surface area (Å²) in [4.78, 5) is 33.0. The van der Waals surface area contributed by atoms with Crippen LogP contribution in [0.2, 0.25) is 10.0 Å². The van der Waals surface area contributed by atoms with Crippen LogP contribution in [0.4, 0.5) is 5.13 Å². The largest absolute Gasteiger partial charge is 0.507 e. The highest BCUT2D eigenvalue weighted by atomic mass is 35.5. The first-order chi connectivity index (χ1) is 19.4. The van der Waals surface area contributed by atoms with E-state index < -0.39 is 17.7 Å². The number of rotatable bonds is 6. The lowest BCUT2D eigenvalue weighted by molar-refractivity contribution is -0.132. The Hall–Kier alpha value is -4.17. The number of aromatic nitrogens is 1. The molecule has 1 atom stereocenters.